The Morgan fingerprint density at radius 2 is 2.06 bits per heavy atom. The summed E-state index contributed by atoms with van der Waals surface area (Å²) < 4.78 is 5.35. The summed E-state index contributed by atoms with van der Waals surface area (Å²) in [5, 5.41) is 8.82. The van der Waals surface area contributed by atoms with Crippen molar-refractivity contribution in [1.82, 2.24) is 4.90 Å². The quantitative estimate of drug-likeness (QED) is 0.785. The summed E-state index contributed by atoms with van der Waals surface area (Å²) in [6, 6.07) is 0. The van der Waals surface area contributed by atoms with E-state index in [4.69, 9.17) is 9.84 Å². The number of likely N-dealkylation sites (tertiary alicyclic amines) is 1. The van der Waals surface area contributed by atoms with Gasteiger partial charge in [-0.1, -0.05) is 6.92 Å². The third-order valence-corrected chi connectivity index (χ3v) is 3.93. The number of ether oxygens (including phenoxy) is 1. The van der Waals surface area contributed by atoms with Gasteiger partial charge in [-0.15, -0.1) is 0 Å². The maximum absolute atomic E-state index is 12.1. The van der Waals surface area contributed by atoms with E-state index >= 15 is 0 Å². The highest BCUT2D eigenvalue weighted by Crippen LogP contribution is 2.40. The van der Waals surface area contributed by atoms with Gasteiger partial charge in [0.05, 0.1) is 17.9 Å². The lowest BCUT2D eigenvalue weighted by Crippen LogP contribution is -2.47. The van der Waals surface area contributed by atoms with Gasteiger partial charge in [0.15, 0.2) is 0 Å². The number of hydrogen-bond acceptors (Lipinski definition) is 3. The van der Waals surface area contributed by atoms with Crippen LogP contribution < -0.4 is 0 Å². The van der Waals surface area contributed by atoms with E-state index in [2.05, 4.69) is 6.92 Å². The van der Waals surface area contributed by atoms with Crippen LogP contribution in [0.2, 0.25) is 0 Å². The van der Waals surface area contributed by atoms with E-state index in [1.54, 1.807) is 12.0 Å². The highest BCUT2D eigenvalue weighted by molar-refractivity contribution is 5.89. The van der Waals surface area contributed by atoms with Gasteiger partial charge in [0.2, 0.25) is 5.91 Å². The van der Waals surface area contributed by atoms with Crippen molar-refractivity contribution in [3.05, 3.63) is 0 Å². The standard InChI is InChI=1S/C12H19NO4/c1-7-3-4-13(6-10(7)17-2)11(14)8-5-9(8)12(15)16/h7-10H,3-6H2,1-2H3,(H,15,16)/t7?,8-,9+,10?/m1/s1. The average Bonchev–Trinajstić information content (AvgIpc) is 3.08. The monoisotopic (exact) mass is 241 g/mol. The number of carbonyl (C=O) groups excluding carboxylic acids is 1. The first-order valence-electron chi connectivity index (χ1n) is 6.09. The Labute approximate surface area is 101 Å². The molecule has 1 heterocycles. The second-order valence-corrected chi connectivity index (χ2v) is 5.11. The fraction of sp³-hybridized carbons (Fsp3) is 0.833. The molecule has 1 saturated carbocycles. The van der Waals surface area contributed by atoms with Crippen molar-refractivity contribution in [1.29, 1.82) is 0 Å². The van der Waals surface area contributed by atoms with Crippen LogP contribution >= 0.6 is 0 Å². The molecule has 0 aromatic carbocycles. The number of rotatable bonds is 3. The third-order valence-electron chi connectivity index (χ3n) is 3.93. The first-order chi connectivity index (χ1) is 8.04. The number of hydrogen-bond donors (Lipinski definition) is 1. The van der Waals surface area contributed by atoms with Crippen molar-refractivity contribution in [2.75, 3.05) is 20.2 Å². The first-order valence-corrected chi connectivity index (χ1v) is 6.09. The van der Waals surface area contributed by atoms with E-state index in [1.165, 1.54) is 0 Å². The molecule has 2 aliphatic rings. The molecule has 0 radical (unpaired) electrons. The Balaban J connectivity index is 1.91. The summed E-state index contributed by atoms with van der Waals surface area (Å²) in [7, 11) is 1.66. The minimum absolute atomic E-state index is 0.00801. The lowest BCUT2D eigenvalue weighted by molar-refractivity contribution is -0.143. The third kappa shape index (κ3) is 2.44. The molecule has 1 N–H and O–H groups in total. The molecular weight excluding hydrogens is 222 g/mol. The summed E-state index contributed by atoms with van der Waals surface area (Å²) in [5.74, 6) is -1.15. The molecule has 2 rings (SSSR count). The maximum atomic E-state index is 12.1. The number of amides is 1. The number of carbonyl (C=O) groups is 2. The van der Waals surface area contributed by atoms with Crippen molar-refractivity contribution >= 4 is 11.9 Å². The van der Waals surface area contributed by atoms with Crippen LogP contribution in [0.1, 0.15) is 19.8 Å². The smallest absolute Gasteiger partial charge is 0.307 e. The Morgan fingerprint density at radius 3 is 2.59 bits per heavy atom. The van der Waals surface area contributed by atoms with Crippen molar-refractivity contribution in [2.45, 2.75) is 25.9 Å². The van der Waals surface area contributed by atoms with Gasteiger partial charge in [-0.2, -0.15) is 0 Å². The molecule has 0 aromatic heterocycles. The Morgan fingerprint density at radius 1 is 1.35 bits per heavy atom. The average molecular weight is 241 g/mol. The van der Waals surface area contributed by atoms with Crippen LogP contribution in [-0.2, 0) is 14.3 Å². The van der Waals surface area contributed by atoms with Crippen molar-refractivity contribution in [2.24, 2.45) is 17.8 Å². The summed E-state index contributed by atoms with van der Waals surface area (Å²) in [6.45, 7) is 3.44. The number of carboxylic acid groups (broad SMARTS) is 1. The Kier molecular flexibility index (Phi) is 3.38. The first kappa shape index (κ1) is 12.4. The molecule has 5 heteroatoms. The van der Waals surface area contributed by atoms with Gasteiger partial charge in [0.25, 0.3) is 0 Å². The van der Waals surface area contributed by atoms with Crippen LogP contribution in [0.4, 0.5) is 0 Å². The molecular formula is C12H19NO4. The zero-order valence-corrected chi connectivity index (χ0v) is 10.3. The van der Waals surface area contributed by atoms with Gasteiger partial charge in [-0.05, 0) is 18.8 Å². The molecule has 1 aliphatic heterocycles. The SMILES string of the molecule is COC1CN(C(=O)[C@@H]2C[C@@H]2C(=O)O)CCC1C. The van der Waals surface area contributed by atoms with Crippen molar-refractivity contribution < 1.29 is 19.4 Å². The van der Waals surface area contributed by atoms with E-state index in [-0.39, 0.29) is 17.9 Å². The predicted octanol–water partition coefficient (Wildman–Crippen LogP) is 0.590. The Bertz CT molecular complexity index is 330. The van der Waals surface area contributed by atoms with Gasteiger partial charge in [0.1, 0.15) is 0 Å². The van der Waals surface area contributed by atoms with E-state index in [0.29, 0.717) is 18.9 Å². The van der Waals surface area contributed by atoms with Gasteiger partial charge < -0.3 is 14.7 Å². The molecule has 1 aliphatic carbocycles. The normalized spacial score (nSPS) is 36.7. The lowest BCUT2D eigenvalue weighted by atomic mass is 9.95. The molecule has 0 bridgehead atoms. The predicted molar refractivity (Wildman–Crippen MR) is 60.4 cm³/mol. The number of aliphatic carboxylic acids is 1. The minimum atomic E-state index is -0.850. The van der Waals surface area contributed by atoms with Crippen LogP contribution in [0, 0.1) is 17.8 Å². The second-order valence-electron chi connectivity index (χ2n) is 5.11. The fourth-order valence-corrected chi connectivity index (χ4v) is 2.52. The molecule has 0 aromatic rings. The molecule has 4 atom stereocenters. The molecule has 2 fully saturated rings. The summed E-state index contributed by atoms with van der Waals surface area (Å²) in [5.41, 5.74) is 0. The highest BCUT2D eigenvalue weighted by atomic mass is 16.5. The van der Waals surface area contributed by atoms with Gasteiger partial charge >= 0.3 is 5.97 Å². The van der Waals surface area contributed by atoms with E-state index in [1.807, 2.05) is 0 Å². The molecule has 0 spiro atoms. The number of piperidine rings is 1. The molecule has 96 valence electrons. The number of methoxy groups -OCH3 is 1. The lowest BCUT2D eigenvalue weighted by Gasteiger charge is -2.36. The van der Waals surface area contributed by atoms with Crippen LogP contribution in [-0.4, -0.2) is 48.2 Å². The largest absolute Gasteiger partial charge is 0.481 e. The summed E-state index contributed by atoms with van der Waals surface area (Å²) >= 11 is 0. The fourth-order valence-electron chi connectivity index (χ4n) is 2.52. The molecule has 1 amide bonds. The molecule has 5 nitrogen and oxygen atoms in total. The maximum Gasteiger partial charge on any atom is 0.307 e. The molecule has 2 unspecified atom stereocenters. The Hall–Kier alpha value is -1.10. The van der Waals surface area contributed by atoms with Gasteiger partial charge in [-0.25, -0.2) is 0 Å². The topological polar surface area (TPSA) is 66.8 Å². The van der Waals surface area contributed by atoms with Crippen LogP contribution in [0.15, 0.2) is 0 Å². The van der Waals surface area contributed by atoms with Gasteiger partial charge in [0, 0.05) is 20.2 Å². The van der Waals surface area contributed by atoms with Crippen molar-refractivity contribution in [3.63, 3.8) is 0 Å². The minimum Gasteiger partial charge on any atom is -0.481 e. The van der Waals surface area contributed by atoms with E-state index in [9.17, 15) is 9.59 Å². The van der Waals surface area contributed by atoms with E-state index < -0.39 is 11.9 Å². The van der Waals surface area contributed by atoms with Crippen molar-refractivity contribution in [3.8, 4) is 0 Å². The molecule has 17 heavy (non-hydrogen) atoms. The van der Waals surface area contributed by atoms with Gasteiger partial charge in [-0.3, -0.25) is 9.59 Å². The zero-order chi connectivity index (χ0) is 12.6. The van der Waals surface area contributed by atoms with Crippen LogP contribution in [0.5, 0.6) is 0 Å². The second kappa shape index (κ2) is 4.64. The van der Waals surface area contributed by atoms with E-state index in [0.717, 1.165) is 13.0 Å². The highest BCUT2D eigenvalue weighted by Gasteiger charge is 2.50. The number of nitrogens with zero attached hydrogens (tertiary/aromatic N) is 1. The zero-order valence-electron chi connectivity index (χ0n) is 10.3. The summed E-state index contributed by atoms with van der Waals surface area (Å²) in [4.78, 5) is 24.6. The molecule has 1 saturated heterocycles. The van der Waals surface area contributed by atoms with Crippen LogP contribution in [0.25, 0.3) is 0 Å². The summed E-state index contributed by atoms with van der Waals surface area (Å²) in [6.07, 6.45) is 1.50. The van der Waals surface area contributed by atoms with Crippen LogP contribution in [0.3, 0.4) is 0 Å². The number of carboxylic acids is 1.